The van der Waals surface area contributed by atoms with Crippen molar-refractivity contribution in [2.75, 3.05) is 0 Å². The number of carbonyl (C=O) groups is 1. The molecule has 0 aromatic rings. The Labute approximate surface area is 171 Å². The SMILES string of the molecule is CCCCC(C)(C)C(C)(C)CC(CC(C)C(C)CC)C(=O)NC(C)(C)CC. The summed E-state index contributed by atoms with van der Waals surface area (Å²) in [5, 5.41) is 3.35. The molecular weight excluding hydrogens is 330 g/mol. The summed E-state index contributed by atoms with van der Waals surface area (Å²) in [7, 11) is 0. The Morgan fingerprint density at radius 1 is 0.889 bits per heavy atom. The van der Waals surface area contributed by atoms with Crippen molar-refractivity contribution in [3.8, 4) is 0 Å². The second-order valence-electron chi connectivity index (χ2n) is 11.1. The second-order valence-corrected chi connectivity index (χ2v) is 11.1. The minimum Gasteiger partial charge on any atom is -0.351 e. The Bertz CT molecular complexity index is 436. The molecule has 27 heavy (non-hydrogen) atoms. The van der Waals surface area contributed by atoms with E-state index in [1.807, 2.05) is 0 Å². The van der Waals surface area contributed by atoms with Gasteiger partial charge in [-0.3, -0.25) is 4.79 Å². The molecule has 0 saturated carbocycles. The molecule has 3 unspecified atom stereocenters. The lowest BCUT2D eigenvalue weighted by Gasteiger charge is -2.44. The van der Waals surface area contributed by atoms with Crippen molar-refractivity contribution >= 4 is 5.91 Å². The molecule has 0 aliphatic heterocycles. The maximum Gasteiger partial charge on any atom is 0.223 e. The van der Waals surface area contributed by atoms with Crippen molar-refractivity contribution in [1.82, 2.24) is 5.32 Å². The highest BCUT2D eigenvalue weighted by Crippen LogP contribution is 2.47. The first kappa shape index (κ1) is 26.5. The van der Waals surface area contributed by atoms with Crippen molar-refractivity contribution in [2.24, 2.45) is 28.6 Å². The molecule has 2 nitrogen and oxygen atoms in total. The van der Waals surface area contributed by atoms with Gasteiger partial charge in [0.15, 0.2) is 0 Å². The van der Waals surface area contributed by atoms with E-state index in [2.05, 4.69) is 81.5 Å². The Hall–Kier alpha value is -0.530. The largest absolute Gasteiger partial charge is 0.351 e. The number of hydrogen-bond acceptors (Lipinski definition) is 1. The number of amides is 1. The van der Waals surface area contributed by atoms with Gasteiger partial charge in [-0.05, 0) is 62.2 Å². The predicted octanol–water partition coefficient (Wildman–Crippen LogP) is 7.61. The normalized spacial score (nSPS) is 16.7. The van der Waals surface area contributed by atoms with Gasteiger partial charge >= 0.3 is 0 Å². The summed E-state index contributed by atoms with van der Waals surface area (Å²) in [6.07, 6.45) is 7.83. The van der Waals surface area contributed by atoms with E-state index in [1.165, 1.54) is 25.7 Å². The topological polar surface area (TPSA) is 29.1 Å². The minimum absolute atomic E-state index is 0.0933. The van der Waals surface area contributed by atoms with Crippen LogP contribution in [0.15, 0.2) is 0 Å². The maximum absolute atomic E-state index is 13.3. The van der Waals surface area contributed by atoms with E-state index in [1.54, 1.807) is 0 Å². The lowest BCUT2D eigenvalue weighted by Crippen LogP contribution is -2.47. The van der Waals surface area contributed by atoms with Crippen LogP contribution in [-0.2, 0) is 4.79 Å². The zero-order valence-electron chi connectivity index (χ0n) is 20.6. The van der Waals surface area contributed by atoms with Crippen molar-refractivity contribution in [1.29, 1.82) is 0 Å². The van der Waals surface area contributed by atoms with Crippen molar-refractivity contribution in [3.63, 3.8) is 0 Å². The van der Waals surface area contributed by atoms with Gasteiger partial charge < -0.3 is 5.32 Å². The average Bonchev–Trinajstić information content (AvgIpc) is 2.57. The molecule has 1 amide bonds. The van der Waals surface area contributed by atoms with Gasteiger partial charge in [-0.2, -0.15) is 0 Å². The molecule has 0 heterocycles. The third-order valence-electron chi connectivity index (χ3n) is 7.73. The van der Waals surface area contributed by atoms with Crippen LogP contribution in [0.25, 0.3) is 0 Å². The molecule has 0 fully saturated rings. The van der Waals surface area contributed by atoms with E-state index in [0.29, 0.717) is 11.8 Å². The molecule has 2 heteroatoms. The summed E-state index contributed by atoms with van der Waals surface area (Å²) >= 11 is 0. The van der Waals surface area contributed by atoms with Crippen LogP contribution >= 0.6 is 0 Å². The summed E-state index contributed by atoms with van der Waals surface area (Å²) in [5.74, 6) is 1.59. The zero-order valence-corrected chi connectivity index (χ0v) is 20.6. The zero-order chi connectivity index (χ0) is 21.5. The molecule has 0 bridgehead atoms. The van der Waals surface area contributed by atoms with Gasteiger partial charge in [-0.1, -0.05) is 81.6 Å². The average molecular weight is 382 g/mol. The van der Waals surface area contributed by atoms with Crippen LogP contribution in [0.4, 0.5) is 0 Å². The maximum atomic E-state index is 13.3. The molecule has 0 aromatic heterocycles. The van der Waals surface area contributed by atoms with Gasteiger partial charge in [0.2, 0.25) is 5.91 Å². The molecule has 1 N–H and O–H groups in total. The molecule has 0 saturated heterocycles. The molecule has 3 atom stereocenters. The quantitative estimate of drug-likeness (QED) is 0.349. The molecule has 0 radical (unpaired) electrons. The third kappa shape index (κ3) is 8.57. The summed E-state index contributed by atoms with van der Waals surface area (Å²) in [6, 6.07) is 0. The van der Waals surface area contributed by atoms with Gasteiger partial charge in [0.1, 0.15) is 0 Å². The van der Waals surface area contributed by atoms with E-state index in [4.69, 9.17) is 0 Å². The molecule has 0 spiro atoms. The smallest absolute Gasteiger partial charge is 0.223 e. The fourth-order valence-electron chi connectivity index (χ4n) is 3.74. The molecule has 0 aliphatic rings. The molecule has 0 rings (SSSR count). The third-order valence-corrected chi connectivity index (χ3v) is 7.73. The van der Waals surface area contributed by atoms with Gasteiger partial charge in [-0.25, -0.2) is 0 Å². The van der Waals surface area contributed by atoms with Crippen LogP contribution in [0.1, 0.15) is 121 Å². The first-order chi connectivity index (χ1) is 12.2. The summed E-state index contributed by atoms with van der Waals surface area (Å²) in [5.41, 5.74) is 0.244. The van der Waals surface area contributed by atoms with Gasteiger partial charge in [-0.15, -0.1) is 0 Å². The number of nitrogens with one attached hydrogen (secondary N) is 1. The lowest BCUT2D eigenvalue weighted by atomic mass is 9.61. The second kappa shape index (κ2) is 10.9. The van der Waals surface area contributed by atoms with Crippen LogP contribution in [0.3, 0.4) is 0 Å². The van der Waals surface area contributed by atoms with Crippen LogP contribution in [0.5, 0.6) is 0 Å². The van der Waals surface area contributed by atoms with Gasteiger partial charge in [0.05, 0.1) is 0 Å². The van der Waals surface area contributed by atoms with E-state index in [9.17, 15) is 4.79 Å². The monoisotopic (exact) mass is 381 g/mol. The number of hydrogen-bond donors (Lipinski definition) is 1. The highest BCUT2D eigenvalue weighted by molar-refractivity contribution is 5.79. The van der Waals surface area contributed by atoms with Gasteiger partial charge in [0.25, 0.3) is 0 Å². The first-order valence-corrected chi connectivity index (χ1v) is 11.5. The van der Waals surface area contributed by atoms with E-state index >= 15 is 0 Å². The minimum atomic E-state index is -0.128. The predicted molar refractivity (Wildman–Crippen MR) is 121 cm³/mol. The standard InChI is InChI=1S/C25H51NO/c1-12-15-16-23(6,7)24(8,9)18-21(17-20(5)19(4)13-2)22(27)26-25(10,11)14-3/h19-21H,12-18H2,1-11H3,(H,26,27). The Balaban J connectivity index is 5.47. The fraction of sp³-hybridized carbons (Fsp3) is 0.960. The van der Waals surface area contributed by atoms with E-state index in [-0.39, 0.29) is 28.2 Å². The van der Waals surface area contributed by atoms with Crippen LogP contribution in [0.2, 0.25) is 0 Å². The van der Waals surface area contributed by atoms with Gasteiger partial charge in [0, 0.05) is 11.5 Å². The molecular formula is C25H51NO. The van der Waals surface area contributed by atoms with E-state index < -0.39 is 0 Å². The van der Waals surface area contributed by atoms with Crippen molar-refractivity contribution < 1.29 is 4.79 Å². The van der Waals surface area contributed by atoms with Crippen molar-refractivity contribution in [3.05, 3.63) is 0 Å². The molecule has 0 aromatic carbocycles. The lowest BCUT2D eigenvalue weighted by molar-refractivity contribution is -0.129. The Morgan fingerprint density at radius 3 is 1.89 bits per heavy atom. The van der Waals surface area contributed by atoms with Crippen LogP contribution in [0, 0.1) is 28.6 Å². The highest BCUT2D eigenvalue weighted by Gasteiger charge is 2.40. The van der Waals surface area contributed by atoms with E-state index in [0.717, 1.165) is 19.3 Å². The fourth-order valence-corrected chi connectivity index (χ4v) is 3.74. The highest BCUT2D eigenvalue weighted by atomic mass is 16.2. The number of rotatable bonds is 13. The van der Waals surface area contributed by atoms with Crippen LogP contribution in [-0.4, -0.2) is 11.4 Å². The Kier molecular flexibility index (Phi) is 10.6. The summed E-state index contributed by atoms with van der Waals surface area (Å²) in [6.45, 7) is 25.1. The van der Waals surface area contributed by atoms with Crippen LogP contribution < -0.4 is 5.32 Å². The number of unbranched alkanes of at least 4 members (excludes halogenated alkanes) is 1. The first-order valence-electron chi connectivity index (χ1n) is 11.5. The summed E-state index contributed by atoms with van der Waals surface area (Å²) in [4.78, 5) is 13.3. The Morgan fingerprint density at radius 2 is 1.44 bits per heavy atom. The van der Waals surface area contributed by atoms with Crippen molar-refractivity contribution in [2.45, 2.75) is 127 Å². The molecule has 0 aliphatic carbocycles. The molecule has 162 valence electrons. The summed E-state index contributed by atoms with van der Waals surface area (Å²) < 4.78 is 0. The number of carbonyl (C=O) groups excluding carboxylic acids is 1.